The van der Waals surface area contributed by atoms with Gasteiger partial charge in [-0.05, 0) is 48.0 Å². The number of hydrogen-bond acceptors (Lipinski definition) is 3. The number of ketones is 1. The van der Waals surface area contributed by atoms with Gasteiger partial charge in [-0.3, -0.25) is 14.4 Å². The summed E-state index contributed by atoms with van der Waals surface area (Å²) >= 11 is 24.5. The normalized spacial score (nSPS) is 17.5. The van der Waals surface area contributed by atoms with Gasteiger partial charge < -0.3 is 10.6 Å². The van der Waals surface area contributed by atoms with Crippen LogP contribution in [0.25, 0.3) is 0 Å². The summed E-state index contributed by atoms with van der Waals surface area (Å²) in [6, 6.07) is 8.55. The lowest BCUT2D eigenvalue weighted by atomic mass is 10.0. The van der Waals surface area contributed by atoms with Gasteiger partial charge in [-0.15, -0.1) is 23.2 Å². The van der Waals surface area contributed by atoms with Gasteiger partial charge in [0.05, 0.1) is 27.2 Å². The van der Waals surface area contributed by atoms with E-state index in [-0.39, 0.29) is 21.3 Å². The van der Waals surface area contributed by atoms with Crippen molar-refractivity contribution in [1.82, 2.24) is 0 Å². The molecule has 1 aliphatic carbocycles. The number of amides is 2. The molecule has 1 fully saturated rings. The maximum atomic E-state index is 14.9. The Morgan fingerprint density at radius 2 is 1.53 bits per heavy atom. The van der Waals surface area contributed by atoms with Gasteiger partial charge in [0.2, 0.25) is 11.7 Å². The van der Waals surface area contributed by atoms with E-state index in [1.807, 2.05) is 5.32 Å². The summed E-state index contributed by atoms with van der Waals surface area (Å²) in [6.45, 7) is 0. The summed E-state index contributed by atoms with van der Waals surface area (Å²) in [5.41, 5.74) is -2.00. The molecule has 0 radical (unpaired) electrons. The van der Waals surface area contributed by atoms with Crippen molar-refractivity contribution in [1.29, 1.82) is 0 Å². The summed E-state index contributed by atoms with van der Waals surface area (Å²) in [7, 11) is 0. The van der Waals surface area contributed by atoms with Crippen molar-refractivity contribution in [2.45, 2.75) is 29.0 Å². The van der Waals surface area contributed by atoms with Gasteiger partial charge in [0.25, 0.3) is 5.91 Å². The van der Waals surface area contributed by atoms with Gasteiger partial charge >= 0.3 is 12.3 Å². The molecule has 2 atom stereocenters. The standard InChI is InChI=1S/C27H15Cl4F7N2O3/c28-14-3-2-11(39-24(43)21-20(26(21,30)31)10-1-4-17(33)15(29)7-10)8-12(14)23(42)40-18-6-5-16(32)13(22(18)34)9-19(41)27(37,38)25(35)36/h1-8,20-21,25H,9H2,(H,39,43)(H,40,42)/t20-,21+/m0/s1. The largest absolute Gasteiger partial charge is 0.364 e. The molecule has 0 unspecified atom stereocenters. The second-order valence-corrected chi connectivity index (χ2v) is 11.6. The smallest absolute Gasteiger partial charge is 0.326 e. The number of halogens is 11. The number of carbonyl (C=O) groups excluding carboxylic acids is 3. The molecule has 4 rings (SSSR count). The average Bonchev–Trinajstić information content (AvgIpc) is 3.52. The second kappa shape index (κ2) is 12.1. The molecule has 1 aliphatic rings. The quantitative estimate of drug-likeness (QED) is 0.176. The molecule has 0 bridgehead atoms. The van der Waals surface area contributed by atoms with E-state index in [4.69, 9.17) is 46.4 Å². The Balaban J connectivity index is 1.51. The van der Waals surface area contributed by atoms with E-state index in [9.17, 15) is 45.1 Å². The van der Waals surface area contributed by atoms with Crippen molar-refractivity contribution in [3.8, 4) is 0 Å². The third-order valence-electron chi connectivity index (χ3n) is 6.53. The molecule has 2 amide bonds. The zero-order valence-electron chi connectivity index (χ0n) is 20.9. The Morgan fingerprint density at radius 1 is 0.884 bits per heavy atom. The summed E-state index contributed by atoms with van der Waals surface area (Å²) in [6.07, 6.45) is -6.13. The molecule has 0 saturated heterocycles. The van der Waals surface area contributed by atoms with Crippen molar-refractivity contribution in [3.63, 3.8) is 0 Å². The molecule has 16 heteroatoms. The number of Topliss-reactive ketones (excluding diaryl/α,β-unsaturated/α-hetero) is 1. The Bertz CT molecular complexity index is 1640. The van der Waals surface area contributed by atoms with Gasteiger partial charge in [-0.25, -0.2) is 22.0 Å². The van der Waals surface area contributed by atoms with Crippen LogP contribution >= 0.6 is 46.4 Å². The third-order valence-corrected chi connectivity index (χ3v) is 8.09. The van der Waals surface area contributed by atoms with Crippen molar-refractivity contribution < 1.29 is 45.1 Å². The molecule has 0 heterocycles. The van der Waals surface area contributed by atoms with Crippen molar-refractivity contribution >= 4 is 75.4 Å². The highest BCUT2D eigenvalue weighted by atomic mass is 35.5. The molecule has 228 valence electrons. The van der Waals surface area contributed by atoms with Crippen LogP contribution in [0.1, 0.15) is 27.4 Å². The SMILES string of the molecule is O=C(Nc1ccc(F)c(CC(=O)C(F)(F)C(F)F)c1F)c1cc(NC(=O)[C@H]2[C@H](c3ccc(F)c(Cl)c3)C2(Cl)Cl)ccc1Cl. The molecular weight excluding hydrogens is 675 g/mol. The van der Waals surface area contributed by atoms with Crippen LogP contribution in [0, 0.1) is 23.4 Å². The van der Waals surface area contributed by atoms with E-state index in [0.717, 1.165) is 12.1 Å². The number of benzene rings is 3. The lowest BCUT2D eigenvalue weighted by Gasteiger charge is -2.15. The lowest BCUT2D eigenvalue weighted by molar-refractivity contribution is -0.166. The van der Waals surface area contributed by atoms with Gasteiger partial charge in [-0.2, -0.15) is 8.78 Å². The average molecular weight is 690 g/mol. The van der Waals surface area contributed by atoms with Crippen LogP contribution in [0.5, 0.6) is 0 Å². The van der Waals surface area contributed by atoms with Crippen LogP contribution in [0.15, 0.2) is 48.5 Å². The Morgan fingerprint density at radius 3 is 2.16 bits per heavy atom. The minimum Gasteiger partial charge on any atom is -0.326 e. The molecule has 3 aromatic carbocycles. The summed E-state index contributed by atoms with van der Waals surface area (Å²) < 4.78 is 92.7. The van der Waals surface area contributed by atoms with Crippen LogP contribution in [0.3, 0.4) is 0 Å². The monoisotopic (exact) mass is 688 g/mol. The van der Waals surface area contributed by atoms with Crippen LogP contribution in [0.2, 0.25) is 10.0 Å². The second-order valence-electron chi connectivity index (χ2n) is 9.35. The Labute approximate surface area is 258 Å². The van der Waals surface area contributed by atoms with E-state index in [0.29, 0.717) is 17.7 Å². The first kappa shape index (κ1) is 32.8. The Kier molecular flexibility index (Phi) is 9.28. The number of alkyl halides is 6. The minimum absolute atomic E-state index is 0.00608. The maximum Gasteiger partial charge on any atom is 0.364 e. The predicted molar refractivity (Wildman–Crippen MR) is 146 cm³/mol. The van der Waals surface area contributed by atoms with Gasteiger partial charge in [0.15, 0.2) is 5.82 Å². The molecular formula is C27H15Cl4F7N2O3. The number of carbonyl (C=O) groups is 3. The van der Waals surface area contributed by atoms with Gasteiger partial charge in [0.1, 0.15) is 16.0 Å². The minimum atomic E-state index is -5.16. The predicted octanol–water partition coefficient (Wildman–Crippen LogP) is 8.20. The zero-order chi connectivity index (χ0) is 32.0. The number of rotatable bonds is 9. The number of nitrogens with one attached hydrogen (secondary N) is 2. The van der Waals surface area contributed by atoms with E-state index >= 15 is 0 Å². The van der Waals surface area contributed by atoms with Gasteiger partial charge in [-0.1, -0.05) is 29.3 Å². The molecule has 0 aromatic heterocycles. The fraction of sp³-hybridized carbons (Fsp3) is 0.222. The van der Waals surface area contributed by atoms with E-state index in [1.54, 1.807) is 0 Å². The molecule has 1 saturated carbocycles. The van der Waals surface area contributed by atoms with E-state index in [1.165, 1.54) is 24.3 Å². The molecule has 3 aromatic rings. The fourth-order valence-corrected chi connectivity index (χ4v) is 5.44. The zero-order valence-corrected chi connectivity index (χ0v) is 24.0. The molecule has 2 N–H and O–H groups in total. The van der Waals surface area contributed by atoms with Crippen LogP contribution in [0.4, 0.5) is 42.1 Å². The van der Waals surface area contributed by atoms with Gasteiger partial charge in [0, 0.05) is 23.6 Å². The van der Waals surface area contributed by atoms with Crippen molar-refractivity contribution in [3.05, 3.63) is 92.7 Å². The fourth-order valence-electron chi connectivity index (χ4n) is 4.22. The number of anilines is 2. The van der Waals surface area contributed by atoms with Crippen LogP contribution < -0.4 is 10.6 Å². The van der Waals surface area contributed by atoms with E-state index in [2.05, 4.69) is 5.32 Å². The third kappa shape index (κ3) is 6.57. The molecule has 43 heavy (non-hydrogen) atoms. The molecule has 0 spiro atoms. The van der Waals surface area contributed by atoms with Crippen LogP contribution in [-0.4, -0.2) is 34.3 Å². The summed E-state index contributed by atoms with van der Waals surface area (Å²) in [5.74, 6) is -15.0. The molecule has 5 nitrogen and oxygen atoms in total. The van der Waals surface area contributed by atoms with Crippen LogP contribution in [-0.2, 0) is 16.0 Å². The first-order valence-electron chi connectivity index (χ1n) is 11.9. The lowest BCUT2D eigenvalue weighted by Crippen LogP contribution is -2.38. The highest BCUT2D eigenvalue weighted by molar-refractivity contribution is 6.53. The van der Waals surface area contributed by atoms with Crippen molar-refractivity contribution in [2.75, 3.05) is 10.6 Å². The van der Waals surface area contributed by atoms with Crippen molar-refractivity contribution in [2.24, 2.45) is 5.92 Å². The first-order valence-corrected chi connectivity index (χ1v) is 13.4. The molecule has 0 aliphatic heterocycles. The topological polar surface area (TPSA) is 75.3 Å². The maximum absolute atomic E-state index is 14.9. The summed E-state index contributed by atoms with van der Waals surface area (Å²) in [4.78, 5) is 37.4. The van der Waals surface area contributed by atoms with E-state index < -0.39 is 81.2 Å². The first-order chi connectivity index (χ1) is 20.0. The Hall–Kier alpha value is -3.06. The highest BCUT2D eigenvalue weighted by Gasteiger charge is 2.67. The highest BCUT2D eigenvalue weighted by Crippen LogP contribution is 2.65. The number of hydrogen-bond donors (Lipinski definition) is 2. The summed E-state index contributed by atoms with van der Waals surface area (Å²) in [5, 5.41) is 4.12.